The summed E-state index contributed by atoms with van der Waals surface area (Å²) in [6, 6.07) is 10.3. The van der Waals surface area contributed by atoms with Crippen LogP contribution in [-0.4, -0.2) is 38.2 Å². The first-order valence-electron chi connectivity index (χ1n) is 5.76. The number of hydrogen-bond donors (Lipinski definition) is 1. The third kappa shape index (κ3) is 16.7. The topological polar surface area (TPSA) is 12.0 Å². The zero-order valence-electron chi connectivity index (χ0n) is 12.0. The summed E-state index contributed by atoms with van der Waals surface area (Å²) in [5.74, 6) is 0. The van der Waals surface area contributed by atoms with Crippen LogP contribution in [0.15, 0.2) is 30.3 Å². The number of halogens is 1. The van der Waals surface area contributed by atoms with Crippen molar-refractivity contribution in [3.63, 3.8) is 0 Å². The SMILES string of the molecule is C[Si](C)(C)N[Si](C)(C)C.Cl.[Mg+2][c]1ccccc1. The van der Waals surface area contributed by atoms with E-state index >= 15 is 0 Å². The van der Waals surface area contributed by atoms with Crippen LogP contribution in [0.3, 0.4) is 0 Å². The van der Waals surface area contributed by atoms with Gasteiger partial charge in [-0.25, -0.2) is 0 Å². The summed E-state index contributed by atoms with van der Waals surface area (Å²) >= 11 is 1.90. The molecule has 1 nitrogen and oxygen atoms in total. The molecule has 1 rings (SSSR count). The summed E-state index contributed by atoms with van der Waals surface area (Å²) in [5, 5.41) is 0. The number of hydrogen-bond acceptors (Lipinski definition) is 1. The smallest absolute Gasteiger partial charge is 0.360 e. The molecule has 0 fully saturated rings. The predicted molar refractivity (Wildman–Crippen MR) is 88.9 cm³/mol. The van der Waals surface area contributed by atoms with E-state index in [1.807, 2.05) is 39.9 Å². The molecule has 0 amide bonds. The maximum absolute atomic E-state index is 3.74. The summed E-state index contributed by atoms with van der Waals surface area (Å²) in [5.41, 5.74) is 0. The molecule has 17 heavy (non-hydrogen) atoms. The lowest BCUT2D eigenvalue weighted by Crippen LogP contribution is -2.55. The van der Waals surface area contributed by atoms with E-state index in [9.17, 15) is 0 Å². The highest BCUT2D eigenvalue weighted by molar-refractivity contribution is 6.90. The van der Waals surface area contributed by atoms with Crippen molar-refractivity contribution in [2.75, 3.05) is 0 Å². The van der Waals surface area contributed by atoms with Gasteiger partial charge in [-0.2, -0.15) is 0 Å². The summed E-state index contributed by atoms with van der Waals surface area (Å²) < 4.78 is 5.09. The lowest BCUT2D eigenvalue weighted by atomic mass is 10.4. The quantitative estimate of drug-likeness (QED) is 0.827. The average Bonchev–Trinajstić information content (AvgIpc) is 1.99. The minimum absolute atomic E-state index is 0. The van der Waals surface area contributed by atoms with Crippen molar-refractivity contribution >= 4 is 54.3 Å². The molecule has 0 unspecified atom stereocenters. The molecule has 5 heteroatoms. The van der Waals surface area contributed by atoms with Crippen LogP contribution in [-0.2, 0) is 0 Å². The molecule has 0 atom stereocenters. The van der Waals surface area contributed by atoms with E-state index in [0.717, 1.165) is 0 Å². The van der Waals surface area contributed by atoms with Gasteiger partial charge in [-0.1, -0.05) is 57.5 Å². The molecular weight excluding hydrogens is 274 g/mol. The van der Waals surface area contributed by atoms with E-state index in [-0.39, 0.29) is 12.4 Å². The highest BCUT2D eigenvalue weighted by Gasteiger charge is 2.28. The zero-order chi connectivity index (χ0) is 12.8. The summed E-state index contributed by atoms with van der Waals surface area (Å²) in [4.78, 5) is 0. The Kier molecular flexibility index (Phi) is 10.3. The largest absolute Gasteiger partial charge is 1.47 e. The summed E-state index contributed by atoms with van der Waals surface area (Å²) in [7, 11) is -1.96. The molecule has 0 bridgehead atoms. The van der Waals surface area contributed by atoms with Gasteiger partial charge in [0.05, 0.1) is 0 Å². The van der Waals surface area contributed by atoms with E-state index < -0.39 is 16.5 Å². The highest BCUT2D eigenvalue weighted by Crippen LogP contribution is 2.02. The van der Waals surface area contributed by atoms with E-state index in [2.05, 4.69) is 56.1 Å². The summed E-state index contributed by atoms with van der Waals surface area (Å²) in [6.45, 7) is 14.1. The normalized spacial score (nSPS) is 11.0. The second-order valence-electron chi connectivity index (χ2n) is 6.11. The molecule has 0 spiro atoms. The Bertz CT molecular complexity index is 282. The van der Waals surface area contributed by atoms with Gasteiger partial charge in [0, 0.05) is 12.1 Å². The fourth-order valence-corrected chi connectivity index (χ4v) is 10.9. The predicted octanol–water partition coefficient (Wildman–Crippen LogP) is 3.15. The molecule has 1 aromatic carbocycles. The monoisotopic (exact) mass is 298 g/mol. The zero-order valence-corrected chi connectivity index (χ0v) is 16.2. The minimum atomic E-state index is -0.981. The van der Waals surface area contributed by atoms with E-state index in [4.69, 9.17) is 0 Å². The van der Waals surface area contributed by atoms with Gasteiger partial charge in [-0.15, -0.1) is 12.4 Å². The van der Waals surface area contributed by atoms with Gasteiger partial charge in [0.25, 0.3) is 0 Å². The maximum atomic E-state index is 3.74. The Morgan fingerprint density at radius 3 is 1.29 bits per heavy atom. The van der Waals surface area contributed by atoms with Crippen LogP contribution in [0.5, 0.6) is 0 Å². The van der Waals surface area contributed by atoms with Crippen LogP contribution in [0, 0.1) is 0 Å². The van der Waals surface area contributed by atoms with Gasteiger partial charge in [0.2, 0.25) is 0 Å². The van der Waals surface area contributed by atoms with Crippen LogP contribution < -0.4 is 8.34 Å². The van der Waals surface area contributed by atoms with E-state index in [0.29, 0.717) is 0 Å². The van der Waals surface area contributed by atoms with Gasteiger partial charge >= 0.3 is 25.4 Å². The van der Waals surface area contributed by atoms with Gasteiger partial charge in [-0.05, 0) is 0 Å². The Balaban J connectivity index is 0. The molecule has 0 saturated carbocycles. The van der Waals surface area contributed by atoms with Gasteiger partial charge in [0.1, 0.15) is 16.5 Å². The number of rotatable bonds is 2. The molecule has 0 aliphatic rings. The van der Waals surface area contributed by atoms with Crippen molar-refractivity contribution in [3.05, 3.63) is 30.3 Å². The fraction of sp³-hybridized carbons (Fsp3) is 0.500. The molecule has 0 saturated heterocycles. The summed E-state index contributed by atoms with van der Waals surface area (Å²) in [6.07, 6.45) is 0. The Labute approximate surface area is 128 Å². The van der Waals surface area contributed by atoms with Crippen LogP contribution >= 0.6 is 12.4 Å². The average molecular weight is 299 g/mol. The van der Waals surface area contributed by atoms with Crippen molar-refractivity contribution in [2.24, 2.45) is 0 Å². The van der Waals surface area contributed by atoms with Crippen LogP contribution in [0.1, 0.15) is 0 Å². The first-order chi connectivity index (χ1) is 7.10. The molecule has 0 heterocycles. The molecular formula is C12H25ClMgNSi2+2. The Morgan fingerprint density at radius 2 is 1.18 bits per heavy atom. The Hall–Kier alpha value is 0.670. The number of benzene rings is 1. The fourth-order valence-electron chi connectivity index (χ4n) is 1.60. The molecule has 1 aromatic rings. The van der Waals surface area contributed by atoms with Crippen molar-refractivity contribution in [1.82, 2.24) is 4.65 Å². The Morgan fingerprint density at radius 1 is 0.824 bits per heavy atom. The third-order valence-corrected chi connectivity index (χ3v) is 8.06. The molecule has 1 N–H and O–H groups in total. The highest BCUT2D eigenvalue weighted by atomic mass is 35.5. The molecule has 93 valence electrons. The molecule has 0 aliphatic heterocycles. The minimum Gasteiger partial charge on any atom is -0.360 e. The lowest BCUT2D eigenvalue weighted by molar-refractivity contribution is 1.30. The van der Waals surface area contributed by atoms with Gasteiger partial charge in [0.15, 0.2) is 0 Å². The standard InChI is InChI=1S/C6H19NSi2.C6H5.ClH.Mg/c1-8(2,3)7-9(4,5)6;1-2-4-6-5-3-1;;/h7H,1-6H3;1-5H;1H;/q;;;+2. The van der Waals surface area contributed by atoms with Crippen molar-refractivity contribution in [1.29, 1.82) is 0 Å². The van der Waals surface area contributed by atoms with Crippen LogP contribution in [0.4, 0.5) is 0 Å². The van der Waals surface area contributed by atoms with Gasteiger partial charge in [-0.3, -0.25) is 0 Å². The third-order valence-electron chi connectivity index (χ3n) is 1.59. The lowest BCUT2D eigenvalue weighted by Gasteiger charge is -2.28. The van der Waals surface area contributed by atoms with Crippen LogP contribution in [0.25, 0.3) is 0 Å². The molecule has 7 radical (unpaired) electrons. The van der Waals surface area contributed by atoms with Crippen molar-refractivity contribution in [2.45, 2.75) is 39.3 Å². The van der Waals surface area contributed by atoms with Gasteiger partial charge < -0.3 is 4.65 Å². The molecule has 0 aliphatic carbocycles. The number of nitrogens with one attached hydrogen (secondary N) is 1. The first-order valence-corrected chi connectivity index (χ1v) is 13.5. The van der Waals surface area contributed by atoms with E-state index in [1.165, 1.54) is 3.69 Å². The maximum Gasteiger partial charge on any atom is 1.47 e. The van der Waals surface area contributed by atoms with E-state index in [1.54, 1.807) is 0 Å². The second-order valence-corrected chi connectivity index (χ2v) is 16.9. The first kappa shape index (κ1) is 20.0. The van der Waals surface area contributed by atoms with Crippen molar-refractivity contribution < 1.29 is 0 Å². The van der Waals surface area contributed by atoms with Crippen LogP contribution in [0.2, 0.25) is 39.3 Å². The van der Waals surface area contributed by atoms with Crippen molar-refractivity contribution in [3.8, 4) is 0 Å². The second kappa shape index (κ2) is 8.72. The molecule has 0 aromatic heterocycles.